The van der Waals surface area contributed by atoms with Crippen LogP contribution in [0.25, 0.3) is 0 Å². The number of amides is 1. The van der Waals surface area contributed by atoms with E-state index in [1.807, 2.05) is 19.1 Å². The van der Waals surface area contributed by atoms with Gasteiger partial charge in [0.2, 0.25) is 10.0 Å². The van der Waals surface area contributed by atoms with Gasteiger partial charge in [-0.3, -0.25) is 9.59 Å². The Morgan fingerprint density at radius 3 is 2.46 bits per heavy atom. The third kappa shape index (κ3) is 6.60. The van der Waals surface area contributed by atoms with Crippen molar-refractivity contribution in [2.24, 2.45) is 0 Å². The Labute approximate surface area is 228 Å². The molecule has 206 valence electrons. The Morgan fingerprint density at radius 1 is 1.08 bits per heavy atom. The number of hydrogen-bond donors (Lipinski definition) is 1. The number of aryl methyl sites for hydroxylation is 1. The Bertz CT molecular complexity index is 1490. The van der Waals surface area contributed by atoms with Crippen molar-refractivity contribution < 1.29 is 35.9 Å². The van der Waals surface area contributed by atoms with Crippen LogP contribution in [0.1, 0.15) is 34.7 Å². The Morgan fingerprint density at radius 2 is 1.77 bits per heavy atom. The molecule has 12 heteroatoms. The average molecular weight is 581 g/mol. The summed E-state index contributed by atoms with van der Waals surface area (Å²) in [4.78, 5) is 25.2. The van der Waals surface area contributed by atoms with E-state index in [4.69, 9.17) is 16.3 Å². The van der Waals surface area contributed by atoms with Crippen LogP contribution in [-0.2, 0) is 36.9 Å². The highest BCUT2D eigenvalue weighted by atomic mass is 35.5. The number of fused-ring (bicyclic) bond motifs is 1. The largest absolute Gasteiger partial charge is 0.456 e. The van der Waals surface area contributed by atoms with Gasteiger partial charge in [-0.2, -0.15) is 17.5 Å². The summed E-state index contributed by atoms with van der Waals surface area (Å²) in [5.41, 5.74) is 1.14. The highest BCUT2D eigenvalue weighted by Gasteiger charge is 2.38. The first-order valence-electron chi connectivity index (χ1n) is 11.8. The minimum Gasteiger partial charge on any atom is -0.456 e. The lowest BCUT2D eigenvalue weighted by Gasteiger charge is -2.36. The molecule has 3 aromatic rings. The molecule has 0 spiro atoms. The number of carbonyl (C=O) groups excluding carboxylic acids is 2. The van der Waals surface area contributed by atoms with Crippen LogP contribution < -0.4 is 5.32 Å². The molecule has 1 aliphatic rings. The maximum Gasteiger partial charge on any atom is 0.416 e. The fourth-order valence-corrected chi connectivity index (χ4v) is 6.09. The summed E-state index contributed by atoms with van der Waals surface area (Å²) in [6.45, 7) is 1.17. The minimum absolute atomic E-state index is 0.0863. The second kappa shape index (κ2) is 11.4. The number of sulfonamides is 1. The quantitative estimate of drug-likeness (QED) is 0.371. The number of nitrogens with one attached hydrogen (secondary N) is 1. The molecular formula is C27H24ClF3N2O5S. The second-order valence-electron chi connectivity index (χ2n) is 9.00. The first kappa shape index (κ1) is 28.6. The summed E-state index contributed by atoms with van der Waals surface area (Å²) in [5, 5.41) is 2.08. The molecule has 0 saturated heterocycles. The van der Waals surface area contributed by atoms with Gasteiger partial charge in [0.25, 0.3) is 5.91 Å². The Balaban J connectivity index is 1.48. The molecule has 3 aromatic carbocycles. The van der Waals surface area contributed by atoms with Gasteiger partial charge in [0, 0.05) is 6.54 Å². The zero-order chi connectivity index (χ0) is 28.4. The number of ether oxygens (including phenoxy) is 1. The van der Waals surface area contributed by atoms with E-state index in [-0.39, 0.29) is 28.6 Å². The van der Waals surface area contributed by atoms with Gasteiger partial charge in [0.05, 0.1) is 33.6 Å². The first-order valence-corrected chi connectivity index (χ1v) is 13.7. The number of halogens is 4. The summed E-state index contributed by atoms with van der Waals surface area (Å²) >= 11 is 5.90. The minimum atomic E-state index is -4.64. The van der Waals surface area contributed by atoms with Gasteiger partial charge in [0.1, 0.15) is 0 Å². The Hall–Kier alpha value is -3.41. The smallest absolute Gasteiger partial charge is 0.416 e. The normalized spacial score (nSPS) is 15.9. The maximum atomic E-state index is 13.5. The first-order chi connectivity index (χ1) is 18.4. The van der Waals surface area contributed by atoms with Gasteiger partial charge in [-0.25, -0.2) is 8.42 Å². The highest BCUT2D eigenvalue weighted by molar-refractivity contribution is 7.89. The lowest BCUT2D eigenvalue weighted by atomic mass is 9.92. The lowest BCUT2D eigenvalue weighted by Crippen LogP contribution is -2.41. The van der Waals surface area contributed by atoms with E-state index in [1.54, 1.807) is 24.3 Å². The molecule has 1 aliphatic heterocycles. The standard InChI is InChI=1S/C27H24ClF3N2O5S/c1-17-6-9-20(10-7-17)39(36,37)33-13-12-18-4-2-3-5-21(18)24(33)15-26(35)38-16-25(34)32-23-14-19(27(29,30)31)8-11-22(23)28/h2-11,14,24H,12-13,15-16H2,1H3,(H,32,34). The van der Waals surface area contributed by atoms with Crippen LogP contribution in [0.2, 0.25) is 5.02 Å². The molecule has 7 nitrogen and oxygen atoms in total. The van der Waals surface area contributed by atoms with Crippen molar-refractivity contribution in [3.63, 3.8) is 0 Å². The molecule has 0 aromatic heterocycles. The summed E-state index contributed by atoms with van der Waals surface area (Å²) in [6, 6.07) is 15.1. The molecule has 0 bridgehead atoms. The van der Waals surface area contributed by atoms with Crippen LogP contribution in [-0.4, -0.2) is 37.8 Å². The molecule has 1 heterocycles. The van der Waals surface area contributed by atoms with Crippen molar-refractivity contribution in [2.75, 3.05) is 18.5 Å². The SMILES string of the molecule is Cc1ccc(S(=O)(=O)N2CCc3ccccc3C2CC(=O)OCC(=O)Nc2cc(C(F)(F)F)ccc2Cl)cc1. The van der Waals surface area contributed by atoms with E-state index in [0.717, 1.165) is 23.3 Å². The van der Waals surface area contributed by atoms with E-state index in [2.05, 4.69) is 5.32 Å². The predicted octanol–water partition coefficient (Wildman–Crippen LogP) is 5.53. The molecule has 0 radical (unpaired) electrons. The number of anilines is 1. The molecular weight excluding hydrogens is 557 g/mol. The summed E-state index contributed by atoms with van der Waals surface area (Å²) in [6.07, 6.45) is -4.57. The number of benzene rings is 3. The van der Waals surface area contributed by atoms with Crippen molar-refractivity contribution in [1.82, 2.24) is 4.31 Å². The molecule has 0 fully saturated rings. The van der Waals surface area contributed by atoms with Crippen LogP contribution >= 0.6 is 11.6 Å². The third-order valence-corrected chi connectivity index (χ3v) is 8.53. The van der Waals surface area contributed by atoms with Crippen LogP contribution in [0.15, 0.2) is 71.6 Å². The zero-order valence-electron chi connectivity index (χ0n) is 20.7. The van der Waals surface area contributed by atoms with E-state index in [0.29, 0.717) is 18.1 Å². The molecule has 1 unspecified atom stereocenters. The number of alkyl halides is 3. The van der Waals surface area contributed by atoms with Crippen LogP contribution in [0.3, 0.4) is 0 Å². The van der Waals surface area contributed by atoms with Gasteiger partial charge in [-0.15, -0.1) is 0 Å². The third-order valence-electron chi connectivity index (χ3n) is 6.28. The fourth-order valence-electron chi connectivity index (χ4n) is 4.32. The fraction of sp³-hybridized carbons (Fsp3) is 0.259. The van der Waals surface area contributed by atoms with Crippen LogP contribution in [0.4, 0.5) is 18.9 Å². The zero-order valence-corrected chi connectivity index (χ0v) is 22.2. The van der Waals surface area contributed by atoms with Gasteiger partial charge in [0.15, 0.2) is 6.61 Å². The molecule has 0 aliphatic carbocycles. The molecule has 1 N–H and O–H groups in total. The van der Waals surface area contributed by atoms with Crippen molar-refractivity contribution in [3.8, 4) is 0 Å². The molecule has 1 atom stereocenters. The summed E-state index contributed by atoms with van der Waals surface area (Å²) < 4.78 is 72.3. The molecule has 39 heavy (non-hydrogen) atoms. The molecule has 4 rings (SSSR count). The highest BCUT2D eigenvalue weighted by Crippen LogP contribution is 2.37. The van der Waals surface area contributed by atoms with Crippen molar-refractivity contribution in [2.45, 2.75) is 36.9 Å². The number of hydrogen-bond acceptors (Lipinski definition) is 5. The van der Waals surface area contributed by atoms with E-state index >= 15 is 0 Å². The number of carbonyl (C=O) groups is 2. The van der Waals surface area contributed by atoms with Crippen LogP contribution in [0, 0.1) is 6.92 Å². The van der Waals surface area contributed by atoms with Crippen LogP contribution in [0.5, 0.6) is 0 Å². The van der Waals surface area contributed by atoms with Gasteiger partial charge >= 0.3 is 12.1 Å². The monoisotopic (exact) mass is 580 g/mol. The van der Waals surface area contributed by atoms with E-state index in [9.17, 15) is 31.2 Å². The van der Waals surface area contributed by atoms with Crippen molar-refractivity contribution in [1.29, 1.82) is 0 Å². The van der Waals surface area contributed by atoms with Gasteiger partial charge in [-0.1, -0.05) is 53.6 Å². The second-order valence-corrected chi connectivity index (χ2v) is 11.3. The topological polar surface area (TPSA) is 92.8 Å². The number of esters is 1. The van der Waals surface area contributed by atoms with Gasteiger partial charge in [-0.05, 0) is 54.8 Å². The summed E-state index contributed by atoms with van der Waals surface area (Å²) in [5.74, 6) is -1.76. The van der Waals surface area contributed by atoms with Crippen molar-refractivity contribution in [3.05, 3.63) is 94.0 Å². The Kier molecular flexibility index (Phi) is 8.34. The van der Waals surface area contributed by atoms with E-state index in [1.165, 1.54) is 16.4 Å². The van der Waals surface area contributed by atoms with Crippen molar-refractivity contribution >= 4 is 39.2 Å². The average Bonchev–Trinajstić information content (AvgIpc) is 2.88. The number of nitrogens with zero attached hydrogens (tertiary/aromatic N) is 1. The molecule has 0 saturated carbocycles. The van der Waals surface area contributed by atoms with Gasteiger partial charge < -0.3 is 10.1 Å². The maximum absolute atomic E-state index is 13.5. The number of rotatable bonds is 7. The molecule has 1 amide bonds. The summed E-state index contributed by atoms with van der Waals surface area (Å²) in [7, 11) is -3.97. The van der Waals surface area contributed by atoms with E-state index < -0.39 is 46.3 Å². The lowest BCUT2D eigenvalue weighted by molar-refractivity contribution is -0.148. The predicted molar refractivity (Wildman–Crippen MR) is 139 cm³/mol.